The maximum Gasteiger partial charge on any atom is 0.225 e. The lowest BCUT2D eigenvalue weighted by atomic mass is 10.1. The summed E-state index contributed by atoms with van der Waals surface area (Å²) in [7, 11) is 0. The molecule has 1 heterocycles. The highest BCUT2D eigenvalue weighted by molar-refractivity contribution is 5.64. The molecule has 2 N–H and O–H groups in total. The quantitative estimate of drug-likeness (QED) is 0.618. The van der Waals surface area contributed by atoms with Crippen LogP contribution < -0.4 is 10.6 Å². The first kappa shape index (κ1) is 17.5. The first-order chi connectivity index (χ1) is 13.3. The van der Waals surface area contributed by atoms with E-state index in [0.717, 1.165) is 29.6 Å². The molecule has 2 aromatic carbocycles. The van der Waals surface area contributed by atoms with Gasteiger partial charge in [0.25, 0.3) is 0 Å². The average Bonchev–Trinajstić information content (AvgIpc) is 3.20. The Hall–Kier alpha value is -2.88. The molecular weight excluding hydrogens is 332 g/mol. The largest absolute Gasteiger partial charge is 0.366 e. The van der Waals surface area contributed by atoms with Crippen LogP contribution in [0.25, 0.3) is 11.3 Å². The maximum absolute atomic E-state index is 4.77. The van der Waals surface area contributed by atoms with E-state index in [0.29, 0.717) is 6.04 Å². The van der Waals surface area contributed by atoms with Gasteiger partial charge in [0.2, 0.25) is 5.95 Å². The Kier molecular flexibility index (Phi) is 5.33. The van der Waals surface area contributed by atoms with Gasteiger partial charge in [-0.05, 0) is 25.3 Å². The van der Waals surface area contributed by atoms with Crippen LogP contribution in [0.4, 0.5) is 11.8 Å². The van der Waals surface area contributed by atoms with Gasteiger partial charge < -0.3 is 10.6 Å². The Morgan fingerprint density at radius 2 is 1.74 bits per heavy atom. The molecule has 0 aliphatic heterocycles. The minimum atomic E-state index is 0.487. The van der Waals surface area contributed by atoms with Gasteiger partial charge in [-0.2, -0.15) is 4.98 Å². The van der Waals surface area contributed by atoms with Crippen LogP contribution in [0.3, 0.4) is 0 Å². The van der Waals surface area contributed by atoms with Crippen molar-refractivity contribution in [1.29, 1.82) is 0 Å². The van der Waals surface area contributed by atoms with Gasteiger partial charge in [-0.15, -0.1) is 0 Å². The van der Waals surface area contributed by atoms with Gasteiger partial charge in [0.1, 0.15) is 5.82 Å². The first-order valence-corrected chi connectivity index (χ1v) is 9.77. The third-order valence-electron chi connectivity index (χ3n) is 5.04. The molecule has 1 aliphatic rings. The van der Waals surface area contributed by atoms with Crippen LogP contribution in [-0.2, 0) is 6.54 Å². The van der Waals surface area contributed by atoms with E-state index in [1.54, 1.807) is 0 Å². The minimum Gasteiger partial charge on any atom is -0.366 e. The fraction of sp³-hybridized carbons (Fsp3) is 0.304. The van der Waals surface area contributed by atoms with Gasteiger partial charge in [-0.3, -0.25) is 0 Å². The number of aromatic nitrogens is 2. The van der Waals surface area contributed by atoms with Gasteiger partial charge >= 0.3 is 0 Å². The monoisotopic (exact) mass is 358 g/mol. The van der Waals surface area contributed by atoms with E-state index in [4.69, 9.17) is 9.97 Å². The van der Waals surface area contributed by atoms with Crippen LogP contribution in [0.1, 0.15) is 36.8 Å². The second-order valence-corrected chi connectivity index (χ2v) is 7.30. The number of rotatable bonds is 6. The number of hydrogen-bond donors (Lipinski definition) is 2. The maximum atomic E-state index is 4.77. The third-order valence-corrected chi connectivity index (χ3v) is 5.04. The van der Waals surface area contributed by atoms with Crippen molar-refractivity contribution in [1.82, 2.24) is 9.97 Å². The van der Waals surface area contributed by atoms with Crippen LogP contribution in [0.2, 0.25) is 0 Å². The third kappa shape index (κ3) is 4.64. The summed E-state index contributed by atoms with van der Waals surface area (Å²) >= 11 is 0. The fourth-order valence-corrected chi connectivity index (χ4v) is 3.63. The summed E-state index contributed by atoms with van der Waals surface area (Å²) in [5.74, 6) is 1.57. The van der Waals surface area contributed by atoms with E-state index in [2.05, 4.69) is 54.0 Å². The molecule has 138 valence electrons. The molecule has 0 bridgehead atoms. The number of benzene rings is 2. The molecule has 1 saturated carbocycles. The van der Waals surface area contributed by atoms with Gasteiger partial charge in [-0.25, -0.2) is 4.98 Å². The zero-order valence-corrected chi connectivity index (χ0v) is 15.8. The standard InChI is InChI=1S/C23H26N4/c1-17-8-7-9-18(14-17)16-24-22-15-21(19-10-3-2-4-11-19)26-23(27-22)25-20-12-5-6-13-20/h2-4,7-11,14-15,20H,5-6,12-13,16H2,1H3,(H2,24,25,26,27). The van der Waals surface area contributed by atoms with Crippen molar-refractivity contribution < 1.29 is 0 Å². The number of anilines is 2. The normalized spacial score (nSPS) is 14.3. The van der Waals surface area contributed by atoms with Crippen molar-refractivity contribution in [2.24, 2.45) is 0 Å². The average molecular weight is 358 g/mol. The summed E-state index contributed by atoms with van der Waals surface area (Å²) in [5, 5.41) is 7.01. The van der Waals surface area contributed by atoms with Crippen LogP contribution in [0, 0.1) is 6.92 Å². The second-order valence-electron chi connectivity index (χ2n) is 7.30. The van der Waals surface area contributed by atoms with Crippen molar-refractivity contribution in [3.05, 3.63) is 71.8 Å². The van der Waals surface area contributed by atoms with Gasteiger partial charge in [0.15, 0.2) is 0 Å². The van der Waals surface area contributed by atoms with E-state index < -0.39 is 0 Å². The molecule has 0 radical (unpaired) electrons. The Bertz CT molecular complexity index is 886. The Balaban J connectivity index is 1.58. The van der Waals surface area contributed by atoms with E-state index in [1.165, 1.54) is 36.8 Å². The smallest absolute Gasteiger partial charge is 0.225 e. The van der Waals surface area contributed by atoms with Crippen molar-refractivity contribution in [2.45, 2.75) is 45.2 Å². The predicted molar refractivity (Wildman–Crippen MR) is 112 cm³/mol. The van der Waals surface area contributed by atoms with E-state index in [1.807, 2.05) is 24.3 Å². The molecule has 1 aliphatic carbocycles. The van der Waals surface area contributed by atoms with Crippen LogP contribution >= 0.6 is 0 Å². The molecule has 1 aromatic heterocycles. The van der Waals surface area contributed by atoms with Crippen molar-refractivity contribution in [2.75, 3.05) is 10.6 Å². The van der Waals surface area contributed by atoms with E-state index in [9.17, 15) is 0 Å². The van der Waals surface area contributed by atoms with Gasteiger partial charge in [0, 0.05) is 24.2 Å². The number of aryl methyl sites for hydroxylation is 1. The second kappa shape index (κ2) is 8.21. The summed E-state index contributed by atoms with van der Waals surface area (Å²) in [6.07, 6.45) is 4.97. The highest BCUT2D eigenvalue weighted by Gasteiger charge is 2.16. The molecule has 0 unspecified atom stereocenters. The molecule has 4 nitrogen and oxygen atoms in total. The van der Waals surface area contributed by atoms with Gasteiger partial charge in [-0.1, -0.05) is 73.0 Å². The first-order valence-electron chi connectivity index (χ1n) is 9.77. The van der Waals surface area contributed by atoms with Crippen LogP contribution in [0.5, 0.6) is 0 Å². The summed E-state index contributed by atoms with van der Waals surface area (Å²) < 4.78 is 0. The summed E-state index contributed by atoms with van der Waals surface area (Å²) in [4.78, 5) is 9.50. The topological polar surface area (TPSA) is 49.8 Å². The molecule has 27 heavy (non-hydrogen) atoms. The highest BCUT2D eigenvalue weighted by atomic mass is 15.2. The predicted octanol–water partition coefficient (Wildman–Crippen LogP) is 5.42. The number of nitrogens with zero attached hydrogens (tertiary/aromatic N) is 2. The van der Waals surface area contributed by atoms with Crippen molar-refractivity contribution in [3.8, 4) is 11.3 Å². The van der Waals surface area contributed by atoms with Crippen molar-refractivity contribution >= 4 is 11.8 Å². The molecule has 0 spiro atoms. The molecule has 0 atom stereocenters. The molecule has 3 aromatic rings. The molecular formula is C23H26N4. The molecule has 4 rings (SSSR count). The SMILES string of the molecule is Cc1cccc(CNc2cc(-c3ccccc3)nc(NC3CCCC3)n2)c1. The van der Waals surface area contributed by atoms with Crippen LogP contribution in [0.15, 0.2) is 60.7 Å². The summed E-state index contributed by atoms with van der Waals surface area (Å²) in [5.41, 5.74) is 4.57. The Morgan fingerprint density at radius 1 is 0.926 bits per heavy atom. The lowest BCUT2D eigenvalue weighted by Crippen LogP contribution is -2.17. The van der Waals surface area contributed by atoms with Crippen LogP contribution in [-0.4, -0.2) is 16.0 Å². The lowest BCUT2D eigenvalue weighted by Gasteiger charge is -2.15. The molecule has 1 fully saturated rings. The molecule has 0 amide bonds. The van der Waals surface area contributed by atoms with Crippen molar-refractivity contribution in [3.63, 3.8) is 0 Å². The molecule has 0 saturated heterocycles. The number of hydrogen-bond acceptors (Lipinski definition) is 4. The zero-order chi connectivity index (χ0) is 18.5. The fourth-order valence-electron chi connectivity index (χ4n) is 3.63. The lowest BCUT2D eigenvalue weighted by molar-refractivity contribution is 0.744. The summed E-state index contributed by atoms with van der Waals surface area (Å²) in [6.45, 7) is 2.86. The van der Waals surface area contributed by atoms with Gasteiger partial charge in [0.05, 0.1) is 5.69 Å². The summed E-state index contributed by atoms with van der Waals surface area (Å²) in [6, 6.07) is 21.4. The Morgan fingerprint density at radius 3 is 2.52 bits per heavy atom. The Labute approximate surface area is 161 Å². The molecule has 4 heteroatoms. The zero-order valence-electron chi connectivity index (χ0n) is 15.8. The van der Waals surface area contributed by atoms with E-state index in [-0.39, 0.29) is 0 Å². The van der Waals surface area contributed by atoms with E-state index >= 15 is 0 Å². The minimum absolute atomic E-state index is 0.487. The highest BCUT2D eigenvalue weighted by Crippen LogP contribution is 2.25. The number of nitrogens with one attached hydrogen (secondary N) is 2.